The van der Waals surface area contributed by atoms with Crippen molar-refractivity contribution >= 4 is 41.5 Å². The minimum absolute atomic E-state index is 0.000410. The maximum atomic E-state index is 14.0. The number of aromatic nitrogens is 3. The Bertz CT molecular complexity index is 1580. The highest BCUT2D eigenvalue weighted by atomic mass is 31.2. The molecule has 0 aliphatic heterocycles. The van der Waals surface area contributed by atoms with Crippen LogP contribution in [0.25, 0.3) is 21.9 Å². The highest BCUT2D eigenvalue weighted by Gasteiger charge is 2.37. The molecule has 0 saturated heterocycles. The number of esters is 1. The molecule has 4 N–H and O–H groups in total. The van der Waals surface area contributed by atoms with Crippen LogP contribution in [0.1, 0.15) is 52.8 Å². The number of carbonyl (C=O) groups excluding carboxylic acids is 1. The van der Waals surface area contributed by atoms with Gasteiger partial charge in [0.1, 0.15) is 35.5 Å². The number of carbonyl (C=O) groups is 1. The molecule has 13 heteroatoms. The van der Waals surface area contributed by atoms with Gasteiger partial charge in [-0.05, 0) is 45.4 Å². The van der Waals surface area contributed by atoms with Crippen LogP contribution in [0.3, 0.4) is 0 Å². The Labute approximate surface area is 251 Å². The summed E-state index contributed by atoms with van der Waals surface area (Å²) in [5.74, 6) is 0.384. The van der Waals surface area contributed by atoms with Gasteiger partial charge in [-0.25, -0.2) is 14.5 Å². The Hall–Kier alpha value is -3.54. The second-order valence-electron chi connectivity index (χ2n) is 10.0. The fourth-order valence-corrected chi connectivity index (χ4v) is 6.42. The third kappa shape index (κ3) is 7.52. The number of benzene rings is 2. The van der Waals surface area contributed by atoms with Crippen molar-refractivity contribution in [3.8, 4) is 5.75 Å². The number of nitrogen functional groups attached to an aromatic ring is 1. The van der Waals surface area contributed by atoms with Crippen molar-refractivity contribution in [3.05, 3.63) is 60.4 Å². The van der Waals surface area contributed by atoms with Crippen molar-refractivity contribution in [2.75, 3.05) is 25.6 Å². The normalized spacial score (nSPS) is 15.2. The number of anilines is 1. The zero-order chi connectivity index (χ0) is 31.0. The van der Waals surface area contributed by atoms with E-state index in [-0.39, 0.29) is 37.8 Å². The van der Waals surface area contributed by atoms with Crippen molar-refractivity contribution in [1.29, 1.82) is 0 Å². The van der Waals surface area contributed by atoms with E-state index in [4.69, 9.17) is 29.2 Å². The first-order valence-corrected chi connectivity index (χ1v) is 16.0. The number of aliphatic hydroxyl groups is 1. The number of hydrogen-bond donors (Lipinski definition) is 3. The van der Waals surface area contributed by atoms with E-state index in [1.54, 1.807) is 41.8 Å². The van der Waals surface area contributed by atoms with Crippen LogP contribution in [0.15, 0.2) is 54.6 Å². The summed E-state index contributed by atoms with van der Waals surface area (Å²) < 4.78 is 38.1. The third-order valence-electron chi connectivity index (χ3n) is 6.82. The second kappa shape index (κ2) is 14.3. The molecule has 2 heterocycles. The molecule has 3 atom stereocenters. The van der Waals surface area contributed by atoms with E-state index in [0.717, 1.165) is 5.39 Å². The number of imidazole rings is 1. The van der Waals surface area contributed by atoms with Gasteiger partial charge in [0.15, 0.2) is 5.82 Å². The Morgan fingerprint density at radius 2 is 1.79 bits per heavy atom. The molecule has 0 fully saturated rings. The maximum absolute atomic E-state index is 14.0. The number of nitrogens with two attached hydrogens (primary N) is 1. The molecule has 232 valence electrons. The molecule has 43 heavy (non-hydrogen) atoms. The molecule has 0 unspecified atom stereocenters. The number of hydrogen-bond acceptors (Lipinski definition) is 10. The van der Waals surface area contributed by atoms with Crippen LogP contribution in [0.4, 0.5) is 5.82 Å². The number of rotatable bonds is 16. The van der Waals surface area contributed by atoms with E-state index in [2.05, 4.69) is 10.1 Å². The molecule has 0 saturated carbocycles. The van der Waals surface area contributed by atoms with E-state index >= 15 is 0 Å². The minimum Gasteiger partial charge on any atom is -0.465 e. The predicted octanol–water partition coefficient (Wildman–Crippen LogP) is 5.28. The molecule has 2 aromatic heterocycles. The van der Waals surface area contributed by atoms with Crippen molar-refractivity contribution in [2.24, 2.45) is 0 Å². The number of nitrogens with one attached hydrogen (secondary N) is 1. The second-order valence-corrected chi connectivity index (χ2v) is 11.7. The monoisotopic (exact) mass is 613 g/mol. The summed E-state index contributed by atoms with van der Waals surface area (Å²) in [6.45, 7) is 7.55. The van der Waals surface area contributed by atoms with Crippen LogP contribution in [0, 0.1) is 0 Å². The zero-order valence-corrected chi connectivity index (χ0v) is 25.9. The van der Waals surface area contributed by atoms with Gasteiger partial charge in [-0.15, -0.1) is 0 Å². The van der Waals surface area contributed by atoms with Gasteiger partial charge in [-0.1, -0.05) is 49.7 Å². The summed E-state index contributed by atoms with van der Waals surface area (Å²) in [5.41, 5.74) is 6.52. The summed E-state index contributed by atoms with van der Waals surface area (Å²) >= 11 is 0. The molecule has 0 amide bonds. The number of para-hydroxylation sites is 2. The van der Waals surface area contributed by atoms with Gasteiger partial charge in [0.05, 0.1) is 24.2 Å². The summed E-state index contributed by atoms with van der Waals surface area (Å²) in [4.78, 5) is 21.6. The summed E-state index contributed by atoms with van der Waals surface area (Å²) in [7, 11) is -4.12. The average molecular weight is 614 g/mol. The van der Waals surface area contributed by atoms with Crippen molar-refractivity contribution in [1.82, 2.24) is 19.6 Å². The minimum atomic E-state index is -4.12. The number of nitrogens with zero attached hydrogens (tertiary/aromatic N) is 3. The molecular formula is C30H40N5O7P. The van der Waals surface area contributed by atoms with Gasteiger partial charge >= 0.3 is 13.7 Å². The first kappa shape index (κ1) is 32.4. The fraction of sp³-hybridized carbons (Fsp3) is 0.433. The Kier molecular flexibility index (Phi) is 10.8. The molecule has 0 aliphatic rings. The van der Waals surface area contributed by atoms with Crippen molar-refractivity contribution < 1.29 is 33.0 Å². The van der Waals surface area contributed by atoms with E-state index < -0.39 is 25.5 Å². The zero-order valence-electron chi connectivity index (χ0n) is 25.0. The van der Waals surface area contributed by atoms with Gasteiger partial charge in [0, 0.05) is 18.4 Å². The standard InChI is InChI=1S/C30H40N5O7P/c1-5-17-30(37,18-19-41-43(38,34-21(4)29(36)40-7-3)42-22-13-9-8-10-14-22)35-25(20-39-6-2)33-26-27(35)23-15-11-12-16-24(23)32-28(26)31/h8-16,21,37H,5-7,17-20H2,1-4H3,(H2,31,32)(H,34,38)/t21-,30-,43+/m0/s1. The lowest BCUT2D eigenvalue weighted by Crippen LogP contribution is -2.37. The van der Waals surface area contributed by atoms with Gasteiger partial charge in [-0.3, -0.25) is 13.9 Å². The Morgan fingerprint density at radius 1 is 1.07 bits per heavy atom. The van der Waals surface area contributed by atoms with Crippen LogP contribution >= 0.6 is 7.75 Å². The molecule has 0 aliphatic carbocycles. The highest BCUT2D eigenvalue weighted by molar-refractivity contribution is 7.52. The molecule has 0 bridgehead atoms. The van der Waals surface area contributed by atoms with Gasteiger partial charge in [-0.2, -0.15) is 5.09 Å². The topological polar surface area (TPSA) is 160 Å². The van der Waals surface area contributed by atoms with Gasteiger partial charge < -0.3 is 24.8 Å². The number of fused-ring (bicyclic) bond motifs is 3. The molecule has 0 spiro atoms. The van der Waals surface area contributed by atoms with Crippen LogP contribution in [0.2, 0.25) is 0 Å². The Balaban J connectivity index is 1.71. The SMILES string of the molecule is CCC[C@](O)(CCO[P@](=O)(N[C@@H](C)C(=O)OCC)Oc1ccccc1)n1c(COCC)nc2c(N)nc3ccccc3c21. The van der Waals surface area contributed by atoms with E-state index in [1.807, 2.05) is 38.1 Å². The van der Waals surface area contributed by atoms with Crippen LogP contribution in [0.5, 0.6) is 5.75 Å². The largest absolute Gasteiger partial charge is 0.465 e. The lowest BCUT2D eigenvalue weighted by molar-refractivity contribution is -0.144. The van der Waals surface area contributed by atoms with E-state index in [0.29, 0.717) is 41.8 Å². The summed E-state index contributed by atoms with van der Waals surface area (Å²) in [5, 5.41) is 15.8. The summed E-state index contributed by atoms with van der Waals surface area (Å²) in [6, 6.07) is 15.0. The highest BCUT2D eigenvalue weighted by Crippen LogP contribution is 2.46. The van der Waals surface area contributed by atoms with Gasteiger partial charge in [0.25, 0.3) is 0 Å². The summed E-state index contributed by atoms with van der Waals surface area (Å²) in [6.07, 6.45) is 0.923. The number of ether oxygens (including phenoxy) is 2. The van der Waals surface area contributed by atoms with Crippen LogP contribution in [-0.4, -0.2) is 51.5 Å². The molecule has 4 rings (SSSR count). The van der Waals surface area contributed by atoms with E-state index in [1.165, 1.54) is 6.92 Å². The molecule has 0 radical (unpaired) electrons. The first-order valence-electron chi connectivity index (χ1n) is 14.4. The molecule has 12 nitrogen and oxygen atoms in total. The molecular weight excluding hydrogens is 573 g/mol. The number of pyridine rings is 1. The van der Waals surface area contributed by atoms with Crippen LogP contribution < -0.4 is 15.3 Å². The molecule has 2 aromatic carbocycles. The maximum Gasteiger partial charge on any atom is 0.459 e. The predicted molar refractivity (Wildman–Crippen MR) is 164 cm³/mol. The van der Waals surface area contributed by atoms with Crippen LogP contribution in [-0.2, 0) is 35.7 Å². The smallest absolute Gasteiger partial charge is 0.459 e. The third-order valence-corrected chi connectivity index (χ3v) is 8.49. The lowest BCUT2D eigenvalue weighted by Gasteiger charge is -2.33. The average Bonchev–Trinajstić information content (AvgIpc) is 3.38. The molecule has 4 aromatic rings. The van der Waals surface area contributed by atoms with Crippen molar-refractivity contribution in [3.63, 3.8) is 0 Å². The van der Waals surface area contributed by atoms with Gasteiger partial charge in [0.2, 0.25) is 0 Å². The lowest BCUT2D eigenvalue weighted by atomic mass is 10.0. The quantitative estimate of drug-likeness (QED) is 0.111. The fourth-order valence-electron chi connectivity index (χ4n) is 4.93. The van der Waals surface area contributed by atoms with E-state index in [9.17, 15) is 14.5 Å². The Morgan fingerprint density at radius 3 is 2.49 bits per heavy atom. The first-order chi connectivity index (χ1) is 20.6. The van der Waals surface area contributed by atoms with Crippen molar-refractivity contribution in [2.45, 2.75) is 65.3 Å².